The van der Waals surface area contributed by atoms with Crippen LogP contribution in [0.15, 0.2) is 54.6 Å². The molecule has 1 fully saturated rings. The summed E-state index contributed by atoms with van der Waals surface area (Å²) in [4.78, 5) is 42.3. The summed E-state index contributed by atoms with van der Waals surface area (Å²) in [5.74, 6) is -2.05. The third-order valence-corrected chi connectivity index (χ3v) is 4.97. The highest BCUT2D eigenvalue weighted by Gasteiger charge is 2.51. The van der Waals surface area contributed by atoms with Crippen molar-refractivity contribution in [1.29, 1.82) is 0 Å². The highest BCUT2D eigenvalue weighted by Crippen LogP contribution is 2.39. The van der Waals surface area contributed by atoms with E-state index in [0.29, 0.717) is 30.0 Å². The predicted octanol–water partition coefficient (Wildman–Crippen LogP) is 2.21. The molecule has 6 heteroatoms. The predicted molar refractivity (Wildman–Crippen MR) is 105 cm³/mol. The first-order valence-corrected chi connectivity index (χ1v) is 9.16. The van der Waals surface area contributed by atoms with Gasteiger partial charge in [-0.25, -0.2) is 0 Å². The van der Waals surface area contributed by atoms with Gasteiger partial charge >= 0.3 is 0 Å². The van der Waals surface area contributed by atoms with Gasteiger partial charge in [0.05, 0.1) is 13.2 Å². The number of likely N-dealkylation sites (tertiary alicyclic amines) is 1. The van der Waals surface area contributed by atoms with Gasteiger partial charge in [0.1, 0.15) is 11.7 Å². The number of ketones is 2. The number of nitrogens with zero attached hydrogens (tertiary/aromatic N) is 2. The van der Waals surface area contributed by atoms with Gasteiger partial charge in [-0.05, 0) is 31.8 Å². The molecule has 0 bridgehead atoms. The Morgan fingerprint density at radius 1 is 1.07 bits per heavy atom. The largest absolute Gasteiger partial charge is 0.497 e. The molecule has 0 aromatic heterocycles. The summed E-state index contributed by atoms with van der Waals surface area (Å²) in [7, 11) is 5.35. The lowest BCUT2D eigenvalue weighted by Gasteiger charge is -2.28. The highest BCUT2D eigenvalue weighted by molar-refractivity contribution is 6.44. The van der Waals surface area contributed by atoms with E-state index in [1.165, 1.54) is 4.90 Å². The fourth-order valence-electron chi connectivity index (χ4n) is 3.51. The van der Waals surface area contributed by atoms with Gasteiger partial charge in [-0.15, -0.1) is 0 Å². The molecule has 0 spiro atoms. The third kappa shape index (κ3) is 3.82. The minimum atomic E-state index is -1.07. The molecule has 2 atom stereocenters. The summed E-state index contributed by atoms with van der Waals surface area (Å²) in [5, 5.41) is 0. The molecular formula is C22H24N2O4. The van der Waals surface area contributed by atoms with Crippen LogP contribution in [0.1, 0.15) is 22.0 Å². The van der Waals surface area contributed by atoms with Crippen molar-refractivity contribution in [2.75, 3.05) is 34.3 Å². The highest BCUT2D eigenvalue weighted by atomic mass is 16.5. The number of hydrogen-bond donors (Lipinski definition) is 0. The van der Waals surface area contributed by atoms with Crippen molar-refractivity contribution in [3.8, 4) is 5.75 Å². The van der Waals surface area contributed by atoms with Crippen molar-refractivity contribution in [2.24, 2.45) is 5.92 Å². The molecule has 0 aliphatic carbocycles. The number of rotatable bonds is 7. The number of carbonyl (C=O) groups excluding carboxylic acids is 3. The summed E-state index contributed by atoms with van der Waals surface area (Å²) < 4.78 is 5.30. The van der Waals surface area contributed by atoms with Crippen LogP contribution in [0.3, 0.4) is 0 Å². The molecule has 2 aromatic rings. The van der Waals surface area contributed by atoms with Gasteiger partial charge in [0.2, 0.25) is 5.78 Å². The molecule has 1 saturated heterocycles. The van der Waals surface area contributed by atoms with E-state index >= 15 is 0 Å². The normalized spacial score (nSPS) is 19.4. The zero-order valence-electron chi connectivity index (χ0n) is 16.3. The number of methoxy groups -OCH3 is 1. The van der Waals surface area contributed by atoms with Crippen LogP contribution < -0.4 is 4.74 Å². The zero-order chi connectivity index (χ0) is 20.3. The first-order valence-electron chi connectivity index (χ1n) is 9.16. The Labute approximate surface area is 164 Å². The summed E-state index contributed by atoms with van der Waals surface area (Å²) in [6.45, 7) is 0.948. The number of carbonyl (C=O) groups is 3. The van der Waals surface area contributed by atoms with E-state index in [1.54, 1.807) is 55.6 Å². The molecule has 0 radical (unpaired) electrons. The van der Waals surface area contributed by atoms with Crippen LogP contribution in [0.25, 0.3) is 0 Å². The van der Waals surface area contributed by atoms with E-state index in [-0.39, 0.29) is 5.78 Å². The quantitative estimate of drug-likeness (QED) is 0.419. The van der Waals surface area contributed by atoms with Gasteiger partial charge in [0.25, 0.3) is 5.91 Å². The number of ether oxygens (including phenoxy) is 1. The van der Waals surface area contributed by atoms with Gasteiger partial charge in [-0.3, -0.25) is 14.4 Å². The smallest absolute Gasteiger partial charge is 0.291 e. The molecule has 0 N–H and O–H groups in total. The Hall–Kier alpha value is -2.99. The second-order valence-electron chi connectivity index (χ2n) is 7.10. The molecule has 6 nitrogen and oxygen atoms in total. The minimum absolute atomic E-state index is 0.334. The van der Waals surface area contributed by atoms with E-state index < -0.39 is 23.7 Å². The molecule has 3 rings (SSSR count). The Kier molecular flexibility index (Phi) is 5.90. The number of hydrogen-bond acceptors (Lipinski definition) is 5. The molecule has 1 heterocycles. The summed E-state index contributed by atoms with van der Waals surface area (Å²) >= 11 is 0. The zero-order valence-corrected chi connectivity index (χ0v) is 16.3. The van der Waals surface area contributed by atoms with E-state index in [4.69, 9.17) is 4.74 Å². The van der Waals surface area contributed by atoms with Crippen LogP contribution in [0.4, 0.5) is 0 Å². The molecule has 28 heavy (non-hydrogen) atoms. The Morgan fingerprint density at radius 2 is 1.79 bits per heavy atom. The Balaban J connectivity index is 2.05. The Bertz CT molecular complexity index is 879. The van der Waals surface area contributed by atoms with Crippen LogP contribution in [-0.4, -0.2) is 61.6 Å². The topological polar surface area (TPSA) is 66.9 Å². The van der Waals surface area contributed by atoms with Crippen molar-refractivity contribution in [3.63, 3.8) is 0 Å². The SMILES string of the molecule is COc1cccc(C2C(C(=O)c3ccccc3)C(=O)C(=O)N2CCN(C)C)c1. The average Bonchev–Trinajstić information content (AvgIpc) is 2.97. The van der Waals surface area contributed by atoms with Crippen molar-refractivity contribution in [3.05, 3.63) is 65.7 Å². The van der Waals surface area contributed by atoms with Crippen LogP contribution in [0.2, 0.25) is 0 Å². The number of amides is 1. The van der Waals surface area contributed by atoms with Crippen molar-refractivity contribution >= 4 is 17.5 Å². The minimum Gasteiger partial charge on any atom is -0.497 e. The maximum atomic E-state index is 13.2. The van der Waals surface area contributed by atoms with Gasteiger partial charge in [0.15, 0.2) is 5.78 Å². The van der Waals surface area contributed by atoms with Crippen LogP contribution in [0, 0.1) is 5.92 Å². The molecule has 2 aromatic carbocycles. The number of likely N-dealkylation sites (N-methyl/N-ethyl adjacent to an activating group) is 1. The van der Waals surface area contributed by atoms with Crippen LogP contribution >= 0.6 is 0 Å². The number of Topliss-reactive ketones (excluding diaryl/α,β-unsaturated/α-hetero) is 2. The molecular weight excluding hydrogens is 356 g/mol. The van der Waals surface area contributed by atoms with Gasteiger partial charge in [-0.1, -0.05) is 42.5 Å². The molecule has 1 aliphatic rings. The molecule has 2 unspecified atom stereocenters. The standard InChI is InChI=1S/C22H24N2O4/c1-23(2)12-13-24-19(16-10-7-11-17(14-16)28-3)18(21(26)22(24)27)20(25)15-8-5-4-6-9-15/h4-11,14,18-19H,12-13H2,1-3H3. The lowest BCUT2D eigenvalue weighted by atomic mass is 9.86. The molecule has 1 amide bonds. The van der Waals surface area contributed by atoms with E-state index in [0.717, 1.165) is 0 Å². The molecule has 146 valence electrons. The van der Waals surface area contributed by atoms with Crippen LogP contribution in [-0.2, 0) is 9.59 Å². The summed E-state index contributed by atoms with van der Waals surface area (Å²) in [6, 6.07) is 15.2. The maximum Gasteiger partial charge on any atom is 0.291 e. The fourth-order valence-corrected chi connectivity index (χ4v) is 3.51. The first kappa shape index (κ1) is 19.8. The maximum absolute atomic E-state index is 13.2. The number of benzene rings is 2. The lowest BCUT2D eigenvalue weighted by Crippen LogP contribution is -2.36. The third-order valence-electron chi connectivity index (χ3n) is 4.97. The van der Waals surface area contributed by atoms with E-state index in [1.807, 2.05) is 25.1 Å². The summed E-state index contributed by atoms with van der Waals surface area (Å²) in [6.07, 6.45) is 0. The van der Waals surface area contributed by atoms with Gasteiger partial charge in [0, 0.05) is 18.7 Å². The summed E-state index contributed by atoms with van der Waals surface area (Å²) in [5.41, 5.74) is 1.14. The van der Waals surface area contributed by atoms with Crippen molar-refractivity contribution in [1.82, 2.24) is 9.80 Å². The van der Waals surface area contributed by atoms with E-state index in [9.17, 15) is 14.4 Å². The Morgan fingerprint density at radius 3 is 2.43 bits per heavy atom. The average molecular weight is 380 g/mol. The molecule has 1 aliphatic heterocycles. The lowest BCUT2D eigenvalue weighted by molar-refractivity contribution is -0.140. The molecule has 0 saturated carbocycles. The van der Waals surface area contributed by atoms with Gasteiger partial charge in [-0.2, -0.15) is 0 Å². The first-order chi connectivity index (χ1) is 13.4. The van der Waals surface area contributed by atoms with E-state index in [2.05, 4.69) is 0 Å². The second-order valence-corrected chi connectivity index (χ2v) is 7.10. The van der Waals surface area contributed by atoms with Crippen LogP contribution in [0.5, 0.6) is 5.75 Å². The van der Waals surface area contributed by atoms with Crippen molar-refractivity contribution < 1.29 is 19.1 Å². The van der Waals surface area contributed by atoms with Crippen molar-refractivity contribution in [2.45, 2.75) is 6.04 Å². The fraction of sp³-hybridized carbons (Fsp3) is 0.318. The monoisotopic (exact) mass is 380 g/mol. The second kappa shape index (κ2) is 8.35. The van der Waals surface area contributed by atoms with Gasteiger partial charge < -0.3 is 14.5 Å².